The molecule has 3 aromatic rings. The molecule has 0 aliphatic carbocycles. The average Bonchev–Trinajstić information content (AvgIpc) is 2.64. The van der Waals surface area contributed by atoms with Crippen LogP contribution >= 0.6 is 11.6 Å². The zero-order valence-electron chi connectivity index (χ0n) is 14.4. The second-order valence-corrected chi connectivity index (χ2v) is 8.02. The molecule has 27 heavy (non-hydrogen) atoms. The maximum Gasteiger partial charge on any atom is 0.261 e. The highest BCUT2D eigenvalue weighted by Crippen LogP contribution is 2.20. The molecule has 0 saturated carbocycles. The molecule has 1 amide bonds. The fraction of sp³-hybridized carbons (Fsp3) is 0.0500. The zero-order chi connectivity index (χ0) is 19.4. The van der Waals surface area contributed by atoms with E-state index < -0.39 is 10.0 Å². The summed E-state index contributed by atoms with van der Waals surface area (Å²) in [6, 6.07) is 19.7. The molecule has 7 heteroatoms. The van der Waals surface area contributed by atoms with E-state index in [-0.39, 0.29) is 10.8 Å². The molecule has 138 valence electrons. The molecule has 0 aliphatic rings. The van der Waals surface area contributed by atoms with Crippen molar-refractivity contribution in [1.82, 2.24) is 0 Å². The quantitative estimate of drug-likeness (QED) is 0.651. The first-order valence-electron chi connectivity index (χ1n) is 8.10. The van der Waals surface area contributed by atoms with Gasteiger partial charge in [0.15, 0.2) is 0 Å². The molecule has 0 unspecified atom stereocenters. The number of sulfonamides is 1. The lowest BCUT2D eigenvalue weighted by atomic mass is 10.2. The number of nitrogens with one attached hydrogen (secondary N) is 2. The predicted octanol–water partition coefficient (Wildman–Crippen LogP) is 4.70. The zero-order valence-corrected chi connectivity index (χ0v) is 16.0. The highest BCUT2D eigenvalue weighted by Gasteiger charge is 2.15. The Balaban J connectivity index is 1.73. The standard InChI is InChI=1S/C20H17ClN2O3S/c1-14-6-8-16(9-7-14)23-27(25,26)17-12-10-15(11-13-17)22-20(24)18-4-2-3-5-19(18)21/h2-13,23H,1H3,(H,22,24). The van der Waals surface area contributed by atoms with E-state index in [9.17, 15) is 13.2 Å². The minimum Gasteiger partial charge on any atom is -0.322 e. The van der Waals surface area contributed by atoms with Gasteiger partial charge in [0, 0.05) is 11.4 Å². The van der Waals surface area contributed by atoms with E-state index in [0.29, 0.717) is 22.0 Å². The Morgan fingerprint density at radius 3 is 2.07 bits per heavy atom. The van der Waals surface area contributed by atoms with Crippen LogP contribution in [-0.4, -0.2) is 14.3 Å². The summed E-state index contributed by atoms with van der Waals surface area (Å²) in [5.41, 5.74) is 2.33. The number of hydrogen-bond acceptors (Lipinski definition) is 3. The molecule has 0 radical (unpaired) electrons. The third-order valence-corrected chi connectivity index (χ3v) is 5.57. The van der Waals surface area contributed by atoms with Gasteiger partial charge >= 0.3 is 0 Å². The van der Waals surface area contributed by atoms with Gasteiger partial charge in [0.2, 0.25) is 0 Å². The maximum absolute atomic E-state index is 12.5. The summed E-state index contributed by atoms with van der Waals surface area (Å²) >= 11 is 6.01. The van der Waals surface area contributed by atoms with E-state index in [1.807, 2.05) is 19.1 Å². The number of anilines is 2. The Morgan fingerprint density at radius 1 is 0.852 bits per heavy atom. The van der Waals surface area contributed by atoms with Crippen molar-refractivity contribution in [3.63, 3.8) is 0 Å². The van der Waals surface area contributed by atoms with Gasteiger partial charge in [-0.15, -0.1) is 0 Å². The van der Waals surface area contributed by atoms with Crippen LogP contribution in [0.5, 0.6) is 0 Å². The van der Waals surface area contributed by atoms with Gasteiger partial charge in [-0.2, -0.15) is 0 Å². The number of benzene rings is 3. The summed E-state index contributed by atoms with van der Waals surface area (Å²) in [5.74, 6) is -0.367. The summed E-state index contributed by atoms with van der Waals surface area (Å²) < 4.78 is 27.5. The highest BCUT2D eigenvalue weighted by molar-refractivity contribution is 7.92. The summed E-state index contributed by atoms with van der Waals surface area (Å²) in [4.78, 5) is 12.4. The van der Waals surface area contributed by atoms with Crippen LogP contribution in [0, 0.1) is 6.92 Å². The Kier molecular flexibility index (Phi) is 5.48. The SMILES string of the molecule is Cc1ccc(NS(=O)(=O)c2ccc(NC(=O)c3ccccc3Cl)cc2)cc1. The van der Waals surface area contributed by atoms with Crippen LogP contribution in [-0.2, 0) is 10.0 Å². The highest BCUT2D eigenvalue weighted by atomic mass is 35.5. The monoisotopic (exact) mass is 400 g/mol. The van der Waals surface area contributed by atoms with Crippen LogP contribution in [0.25, 0.3) is 0 Å². The summed E-state index contributed by atoms with van der Waals surface area (Å²) in [5, 5.41) is 3.04. The lowest BCUT2D eigenvalue weighted by Gasteiger charge is -2.10. The first-order chi connectivity index (χ1) is 12.8. The molecule has 3 aromatic carbocycles. The maximum atomic E-state index is 12.5. The Labute approximate surface area is 163 Å². The minimum absolute atomic E-state index is 0.0961. The normalized spacial score (nSPS) is 11.0. The first-order valence-corrected chi connectivity index (χ1v) is 9.97. The van der Waals surface area contributed by atoms with E-state index in [0.717, 1.165) is 5.56 Å². The second-order valence-electron chi connectivity index (χ2n) is 5.93. The smallest absolute Gasteiger partial charge is 0.261 e. The van der Waals surface area contributed by atoms with Crippen molar-refractivity contribution in [3.05, 3.63) is 88.9 Å². The molecule has 0 spiro atoms. The largest absolute Gasteiger partial charge is 0.322 e. The van der Waals surface area contributed by atoms with Gasteiger partial charge in [0.1, 0.15) is 0 Å². The average molecular weight is 401 g/mol. The van der Waals surface area contributed by atoms with Gasteiger partial charge in [0.25, 0.3) is 15.9 Å². The van der Waals surface area contributed by atoms with Gasteiger partial charge in [-0.25, -0.2) is 8.42 Å². The predicted molar refractivity (Wildman–Crippen MR) is 108 cm³/mol. The van der Waals surface area contributed by atoms with Crippen LogP contribution in [0.1, 0.15) is 15.9 Å². The van der Waals surface area contributed by atoms with Crippen molar-refractivity contribution in [3.8, 4) is 0 Å². The molecule has 2 N–H and O–H groups in total. The molecule has 3 rings (SSSR count). The fourth-order valence-corrected chi connectivity index (χ4v) is 3.68. The van der Waals surface area contributed by atoms with E-state index in [1.165, 1.54) is 24.3 Å². The van der Waals surface area contributed by atoms with E-state index in [1.54, 1.807) is 36.4 Å². The Bertz CT molecular complexity index is 1060. The van der Waals surface area contributed by atoms with Gasteiger partial charge < -0.3 is 5.32 Å². The molecule has 0 aromatic heterocycles. The molecule has 0 saturated heterocycles. The third-order valence-electron chi connectivity index (χ3n) is 3.84. The molecule has 0 bridgehead atoms. The van der Waals surface area contributed by atoms with Gasteiger partial charge in [-0.3, -0.25) is 9.52 Å². The van der Waals surface area contributed by atoms with Crippen molar-refractivity contribution in [2.45, 2.75) is 11.8 Å². The Hall–Kier alpha value is -2.83. The summed E-state index contributed by atoms with van der Waals surface area (Å²) in [7, 11) is -3.71. The number of halogens is 1. The number of carbonyl (C=O) groups excluding carboxylic acids is 1. The topological polar surface area (TPSA) is 75.3 Å². The summed E-state index contributed by atoms with van der Waals surface area (Å²) in [6.07, 6.45) is 0. The van der Waals surface area contributed by atoms with Crippen molar-refractivity contribution in [2.24, 2.45) is 0 Å². The number of rotatable bonds is 5. The Morgan fingerprint density at radius 2 is 1.44 bits per heavy atom. The van der Waals surface area contributed by atoms with Crippen molar-refractivity contribution in [1.29, 1.82) is 0 Å². The number of amides is 1. The van der Waals surface area contributed by atoms with Crippen LogP contribution in [0.3, 0.4) is 0 Å². The number of hydrogen-bond donors (Lipinski definition) is 2. The molecule has 0 heterocycles. The van der Waals surface area contributed by atoms with Crippen molar-refractivity contribution < 1.29 is 13.2 Å². The molecule has 0 atom stereocenters. The van der Waals surface area contributed by atoms with Gasteiger partial charge in [0.05, 0.1) is 15.5 Å². The van der Waals surface area contributed by atoms with E-state index >= 15 is 0 Å². The minimum atomic E-state index is -3.71. The second kappa shape index (κ2) is 7.82. The van der Waals surface area contributed by atoms with Crippen molar-refractivity contribution in [2.75, 3.05) is 10.0 Å². The first kappa shape index (κ1) is 18.9. The summed E-state index contributed by atoms with van der Waals surface area (Å²) in [6.45, 7) is 1.92. The third kappa shape index (κ3) is 4.67. The van der Waals surface area contributed by atoms with Crippen molar-refractivity contribution >= 4 is 38.9 Å². The molecule has 0 aliphatic heterocycles. The molecular weight excluding hydrogens is 384 g/mol. The van der Waals surface area contributed by atoms with Crippen LogP contribution in [0.15, 0.2) is 77.7 Å². The molecule has 0 fully saturated rings. The number of carbonyl (C=O) groups is 1. The van der Waals surface area contributed by atoms with Crippen LogP contribution in [0.2, 0.25) is 5.02 Å². The molecular formula is C20H17ClN2O3S. The van der Waals surface area contributed by atoms with Crippen LogP contribution < -0.4 is 10.0 Å². The lowest BCUT2D eigenvalue weighted by molar-refractivity contribution is 0.102. The molecule has 5 nitrogen and oxygen atoms in total. The van der Waals surface area contributed by atoms with E-state index in [4.69, 9.17) is 11.6 Å². The van der Waals surface area contributed by atoms with Gasteiger partial charge in [-0.05, 0) is 55.5 Å². The fourth-order valence-electron chi connectivity index (χ4n) is 2.40. The lowest BCUT2D eigenvalue weighted by Crippen LogP contribution is -2.14. The van der Waals surface area contributed by atoms with Gasteiger partial charge in [-0.1, -0.05) is 41.4 Å². The van der Waals surface area contributed by atoms with Crippen LogP contribution in [0.4, 0.5) is 11.4 Å². The van der Waals surface area contributed by atoms with E-state index in [2.05, 4.69) is 10.0 Å². The number of aryl methyl sites for hydroxylation is 1.